The van der Waals surface area contributed by atoms with Gasteiger partial charge in [-0.2, -0.15) is 0 Å². The van der Waals surface area contributed by atoms with Crippen molar-refractivity contribution in [1.29, 1.82) is 0 Å². The van der Waals surface area contributed by atoms with Crippen LogP contribution in [0.5, 0.6) is 0 Å². The highest BCUT2D eigenvalue weighted by molar-refractivity contribution is 7.99. The number of benzene rings is 1. The van der Waals surface area contributed by atoms with Gasteiger partial charge in [-0.1, -0.05) is 24.3 Å². The van der Waals surface area contributed by atoms with Crippen LogP contribution < -0.4 is 0 Å². The quantitative estimate of drug-likeness (QED) is 0.838. The molecule has 19 heavy (non-hydrogen) atoms. The van der Waals surface area contributed by atoms with Gasteiger partial charge in [0, 0.05) is 12.2 Å². The Kier molecular flexibility index (Phi) is 3.60. The Morgan fingerprint density at radius 1 is 1.32 bits per heavy atom. The van der Waals surface area contributed by atoms with Crippen LogP contribution in [0.1, 0.15) is 53.2 Å². The summed E-state index contributed by atoms with van der Waals surface area (Å²) >= 11 is 1.93. The van der Waals surface area contributed by atoms with Crippen molar-refractivity contribution < 1.29 is 4.42 Å². The lowest BCUT2D eigenvalue weighted by Gasteiger charge is -2.26. The number of nitrogens with zero attached hydrogens (tertiary/aromatic N) is 2. The van der Waals surface area contributed by atoms with Crippen molar-refractivity contribution in [2.24, 2.45) is 0 Å². The average molecular weight is 274 g/mol. The summed E-state index contributed by atoms with van der Waals surface area (Å²) in [5.41, 5.74) is 2.99. The molecule has 2 atom stereocenters. The lowest BCUT2D eigenvalue weighted by Crippen LogP contribution is -2.08. The van der Waals surface area contributed by atoms with E-state index in [1.807, 2.05) is 18.7 Å². The number of aryl methyl sites for hydroxylation is 2. The third kappa shape index (κ3) is 2.68. The fraction of sp³-hybridized carbons (Fsp3) is 0.467. The number of fused-ring (bicyclic) bond motifs is 1. The molecule has 1 aromatic heterocycles. The van der Waals surface area contributed by atoms with Gasteiger partial charge in [0.05, 0.1) is 5.25 Å². The molecule has 0 N–H and O–H groups in total. The van der Waals surface area contributed by atoms with Gasteiger partial charge in [0.25, 0.3) is 0 Å². The van der Waals surface area contributed by atoms with Crippen molar-refractivity contribution in [1.82, 2.24) is 10.2 Å². The van der Waals surface area contributed by atoms with Crippen LogP contribution in [-0.2, 0) is 6.42 Å². The van der Waals surface area contributed by atoms with Crippen LogP contribution in [0.4, 0.5) is 0 Å². The third-order valence-electron chi connectivity index (χ3n) is 3.57. The summed E-state index contributed by atoms with van der Waals surface area (Å²) in [5.74, 6) is 1.39. The summed E-state index contributed by atoms with van der Waals surface area (Å²) in [6.07, 6.45) is 3.71. The lowest BCUT2D eigenvalue weighted by molar-refractivity contribution is 0.469. The van der Waals surface area contributed by atoms with Gasteiger partial charge in [-0.25, -0.2) is 0 Å². The highest BCUT2D eigenvalue weighted by Gasteiger charge is 2.24. The molecule has 1 aliphatic rings. The van der Waals surface area contributed by atoms with E-state index in [2.05, 4.69) is 41.4 Å². The number of aromatic nitrogens is 2. The van der Waals surface area contributed by atoms with Crippen molar-refractivity contribution in [2.75, 3.05) is 0 Å². The Bertz CT molecular complexity index is 567. The van der Waals surface area contributed by atoms with Gasteiger partial charge in [-0.05, 0) is 37.3 Å². The number of hydrogen-bond acceptors (Lipinski definition) is 4. The molecule has 0 radical (unpaired) electrons. The van der Waals surface area contributed by atoms with Gasteiger partial charge < -0.3 is 4.42 Å². The number of hydrogen-bond donors (Lipinski definition) is 0. The first-order valence-electron chi connectivity index (χ1n) is 6.77. The van der Waals surface area contributed by atoms with Gasteiger partial charge >= 0.3 is 0 Å². The molecule has 0 fully saturated rings. The molecule has 0 saturated carbocycles. The van der Waals surface area contributed by atoms with Gasteiger partial charge in [0.2, 0.25) is 11.8 Å². The normalized spacial score (nSPS) is 20.0. The molecule has 3 nitrogen and oxygen atoms in total. The maximum Gasteiger partial charge on any atom is 0.229 e. The minimum absolute atomic E-state index is 0.248. The molecule has 0 bridgehead atoms. The SMILES string of the molecule is Cc1nnc([C@@H](C)S[C@H]2CCCc3ccccc32)o1. The number of thioether (sulfide) groups is 1. The van der Waals surface area contributed by atoms with Gasteiger partial charge in [-0.3, -0.25) is 0 Å². The predicted octanol–water partition coefficient (Wildman–Crippen LogP) is 4.25. The molecule has 4 heteroatoms. The highest BCUT2D eigenvalue weighted by atomic mass is 32.2. The zero-order valence-corrected chi connectivity index (χ0v) is 12.1. The molecule has 0 spiro atoms. The van der Waals surface area contributed by atoms with Crippen molar-refractivity contribution in [3.05, 3.63) is 47.2 Å². The summed E-state index contributed by atoms with van der Waals surface area (Å²) < 4.78 is 5.53. The molecule has 1 heterocycles. The first-order valence-corrected chi connectivity index (χ1v) is 7.71. The van der Waals surface area contributed by atoms with E-state index >= 15 is 0 Å². The third-order valence-corrected chi connectivity index (χ3v) is 5.00. The predicted molar refractivity (Wildman–Crippen MR) is 77.2 cm³/mol. The minimum atomic E-state index is 0.248. The zero-order valence-electron chi connectivity index (χ0n) is 11.3. The molecular formula is C15H18N2OS. The van der Waals surface area contributed by atoms with E-state index < -0.39 is 0 Å². The lowest BCUT2D eigenvalue weighted by atomic mass is 9.91. The zero-order chi connectivity index (χ0) is 13.2. The van der Waals surface area contributed by atoms with E-state index in [1.165, 1.54) is 30.4 Å². The Morgan fingerprint density at radius 2 is 2.16 bits per heavy atom. The fourth-order valence-electron chi connectivity index (χ4n) is 2.63. The molecule has 1 aromatic carbocycles. The molecule has 0 saturated heterocycles. The first-order chi connectivity index (χ1) is 9.24. The monoisotopic (exact) mass is 274 g/mol. The summed E-state index contributed by atoms with van der Waals surface area (Å²) in [4.78, 5) is 0. The van der Waals surface area contributed by atoms with E-state index in [-0.39, 0.29) is 5.25 Å². The summed E-state index contributed by atoms with van der Waals surface area (Å²) in [6, 6.07) is 8.79. The molecule has 1 aliphatic carbocycles. The van der Waals surface area contributed by atoms with Crippen LogP contribution in [-0.4, -0.2) is 10.2 Å². The summed E-state index contributed by atoms with van der Waals surface area (Å²) in [6.45, 7) is 3.98. The summed E-state index contributed by atoms with van der Waals surface area (Å²) in [5, 5.41) is 8.84. The maximum atomic E-state index is 5.53. The Labute approximate surface area is 117 Å². The second kappa shape index (κ2) is 5.37. The fourth-order valence-corrected chi connectivity index (χ4v) is 4.02. The first kappa shape index (κ1) is 12.7. The van der Waals surface area contributed by atoms with Crippen LogP contribution in [0.3, 0.4) is 0 Å². The molecule has 2 aromatic rings. The molecule has 3 rings (SSSR count). The van der Waals surface area contributed by atoms with E-state index in [0.29, 0.717) is 11.1 Å². The Hall–Kier alpha value is -1.29. The number of rotatable bonds is 3. The Balaban J connectivity index is 1.77. The standard InChI is InChI=1S/C15H18N2OS/c1-10(15-17-16-11(2)18-15)19-14-9-5-7-12-6-3-4-8-13(12)14/h3-4,6,8,10,14H,5,7,9H2,1-2H3/t10-,14+/m1/s1. The largest absolute Gasteiger partial charge is 0.424 e. The van der Waals surface area contributed by atoms with Gasteiger partial charge in [0.1, 0.15) is 0 Å². The molecule has 0 unspecified atom stereocenters. The second-order valence-corrected chi connectivity index (χ2v) is 6.57. The van der Waals surface area contributed by atoms with E-state index in [0.717, 1.165) is 5.89 Å². The highest BCUT2D eigenvalue weighted by Crippen LogP contribution is 2.45. The molecule has 0 aliphatic heterocycles. The van der Waals surface area contributed by atoms with Crippen molar-refractivity contribution in [2.45, 2.75) is 43.6 Å². The smallest absolute Gasteiger partial charge is 0.229 e. The molecule has 0 amide bonds. The minimum Gasteiger partial charge on any atom is -0.424 e. The van der Waals surface area contributed by atoms with Crippen LogP contribution >= 0.6 is 11.8 Å². The van der Waals surface area contributed by atoms with E-state index in [9.17, 15) is 0 Å². The van der Waals surface area contributed by atoms with Crippen molar-refractivity contribution in [3.63, 3.8) is 0 Å². The van der Waals surface area contributed by atoms with Crippen LogP contribution in [0.15, 0.2) is 28.7 Å². The van der Waals surface area contributed by atoms with E-state index in [4.69, 9.17) is 4.42 Å². The van der Waals surface area contributed by atoms with E-state index in [1.54, 1.807) is 0 Å². The summed E-state index contributed by atoms with van der Waals surface area (Å²) in [7, 11) is 0. The molecular weight excluding hydrogens is 256 g/mol. The van der Waals surface area contributed by atoms with Crippen molar-refractivity contribution >= 4 is 11.8 Å². The van der Waals surface area contributed by atoms with Crippen molar-refractivity contribution in [3.8, 4) is 0 Å². The molecule has 100 valence electrons. The second-order valence-electron chi connectivity index (χ2n) is 5.02. The van der Waals surface area contributed by atoms with Gasteiger partial charge in [0.15, 0.2) is 0 Å². The maximum absolute atomic E-state index is 5.53. The van der Waals surface area contributed by atoms with Crippen LogP contribution in [0.2, 0.25) is 0 Å². The average Bonchev–Trinajstić information content (AvgIpc) is 2.86. The van der Waals surface area contributed by atoms with Gasteiger partial charge in [-0.15, -0.1) is 22.0 Å². The Morgan fingerprint density at radius 3 is 2.95 bits per heavy atom. The van der Waals surface area contributed by atoms with Crippen LogP contribution in [0.25, 0.3) is 0 Å². The topological polar surface area (TPSA) is 38.9 Å². The van der Waals surface area contributed by atoms with Crippen LogP contribution in [0, 0.1) is 6.92 Å².